The number of hydrogen-bond acceptors (Lipinski definition) is 0. The molecule has 0 saturated heterocycles. The molecular weight excluding hydrogens is 117 g/mol. The molecule has 0 unspecified atom stereocenters. The highest BCUT2D eigenvalue weighted by atomic mass is 19.3. The second-order valence-corrected chi connectivity index (χ2v) is 1.58. The smallest absolute Gasteiger partial charge is 0.238 e. The summed E-state index contributed by atoms with van der Waals surface area (Å²) in [4.78, 5) is 0. The van der Waals surface area contributed by atoms with E-state index in [0.29, 0.717) is 6.42 Å². The minimum absolute atomic E-state index is 0.163. The summed E-state index contributed by atoms with van der Waals surface area (Å²) in [6.07, 6.45) is -1.86. The van der Waals surface area contributed by atoms with Crippen LogP contribution in [0.15, 0.2) is 0 Å². The Bertz CT molecular complexity index is 44.9. The van der Waals surface area contributed by atoms with Crippen LogP contribution in [0.3, 0.4) is 0 Å². The lowest BCUT2D eigenvalue weighted by Gasteiger charge is -1.93. The molecule has 0 N–H and O–H groups in total. The van der Waals surface area contributed by atoms with E-state index >= 15 is 0 Å². The highest BCUT2D eigenvalue weighted by molar-refractivity contribution is 4.41. The molecule has 0 saturated carbocycles. The van der Waals surface area contributed by atoms with Crippen LogP contribution in [0.5, 0.6) is 0 Å². The molecule has 0 heterocycles. The Hall–Kier alpha value is -0.210. The lowest BCUT2D eigenvalue weighted by atomic mass is 10.2. The Kier molecular flexibility index (Phi) is 4.81. The highest BCUT2D eigenvalue weighted by Crippen LogP contribution is 2.04. The van der Waals surface area contributed by atoms with E-state index in [4.69, 9.17) is 0 Å². The average Bonchev–Trinajstić information content (AvgIpc) is 1.66. The second-order valence-electron chi connectivity index (χ2n) is 1.58. The van der Waals surface area contributed by atoms with Crippen LogP contribution in [0.25, 0.3) is 0 Å². The zero-order chi connectivity index (χ0) is 6.41. The third-order valence-corrected chi connectivity index (χ3v) is 0.806. The predicted octanol–water partition coefficient (Wildman–Crippen LogP) is 2.39. The minimum Gasteiger partial charge on any atom is -0.251 e. The number of rotatable bonds is 4. The van der Waals surface area contributed by atoms with Crippen molar-refractivity contribution in [3.8, 4) is 0 Å². The quantitative estimate of drug-likeness (QED) is 0.507. The maximum Gasteiger partial charge on any atom is 0.238 e. The Morgan fingerprint density at radius 3 is 2.12 bits per heavy atom. The first-order chi connectivity index (χ1) is 3.77. The van der Waals surface area contributed by atoms with Gasteiger partial charge in [0.25, 0.3) is 0 Å². The standard InChI is InChI=1S/C5H9F3/c6-4-2-1-3-5(7)8/h5H,1-4H2. The first kappa shape index (κ1) is 7.79. The van der Waals surface area contributed by atoms with Crippen LogP contribution >= 0.6 is 0 Å². The van der Waals surface area contributed by atoms with Crippen molar-refractivity contribution in [3.05, 3.63) is 0 Å². The van der Waals surface area contributed by atoms with Gasteiger partial charge in [-0.1, -0.05) is 0 Å². The van der Waals surface area contributed by atoms with Crippen LogP contribution in [0.2, 0.25) is 0 Å². The molecule has 0 aliphatic carbocycles. The van der Waals surface area contributed by atoms with Gasteiger partial charge in [-0.05, 0) is 12.8 Å². The van der Waals surface area contributed by atoms with Gasteiger partial charge in [0.1, 0.15) is 0 Å². The van der Waals surface area contributed by atoms with Gasteiger partial charge >= 0.3 is 0 Å². The van der Waals surface area contributed by atoms with Gasteiger partial charge in [-0.3, -0.25) is 4.39 Å². The van der Waals surface area contributed by atoms with Crippen molar-refractivity contribution in [2.24, 2.45) is 0 Å². The molecule has 0 fully saturated rings. The Labute approximate surface area is 46.7 Å². The molecule has 3 heteroatoms. The van der Waals surface area contributed by atoms with E-state index in [0.717, 1.165) is 0 Å². The van der Waals surface area contributed by atoms with Crippen LogP contribution < -0.4 is 0 Å². The minimum atomic E-state index is -2.26. The second kappa shape index (κ2) is 4.94. The SMILES string of the molecule is FCCCCC(F)F. The van der Waals surface area contributed by atoms with Crippen LogP contribution in [0, 0.1) is 0 Å². The lowest BCUT2D eigenvalue weighted by Crippen LogP contribution is -1.89. The van der Waals surface area contributed by atoms with Gasteiger partial charge in [0, 0.05) is 6.42 Å². The molecular formula is C5H9F3. The summed E-state index contributed by atoms with van der Waals surface area (Å²) in [5, 5.41) is 0. The molecule has 0 aromatic rings. The van der Waals surface area contributed by atoms with Gasteiger partial charge in [0.15, 0.2) is 0 Å². The summed E-state index contributed by atoms with van der Waals surface area (Å²) >= 11 is 0. The third-order valence-electron chi connectivity index (χ3n) is 0.806. The van der Waals surface area contributed by atoms with Gasteiger partial charge in [-0.15, -0.1) is 0 Å². The number of unbranched alkanes of at least 4 members (excludes halogenated alkanes) is 1. The monoisotopic (exact) mass is 126 g/mol. The van der Waals surface area contributed by atoms with E-state index in [1.807, 2.05) is 0 Å². The summed E-state index contributed by atoms with van der Waals surface area (Å²) in [7, 11) is 0. The fourth-order valence-corrected chi connectivity index (χ4v) is 0.393. The summed E-state index contributed by atoms with van der Waals surface area (Å²) in [5.74, 6) is 0. The van der Waals surface area contributed by atoms with Crippen molar-refractivity contribution >= 4 is 0 Å². The van der Waals surface area contributed by atoms with Gasteiger partial charge in [-0.2, -0.15) is 0 Å². The predicted molar refractivity (Wildman–Crippen MR) is 25.8 cm³/mol. The molecule has 0 rings (SSSR count). The van der Waals surface area contributed by atoms with Crippen LogP contribution in [-0.4, -0.2) is 13.1 Å². The van der Waals surface area contributed by atoms with Crippen LogP contribution in [-0.2, 0) is 0 Å². The molecule has 50 valence electrons. The zero-order valence-corrected chi connectivity index (χ0v) is 4.54. The van der Waals surface area contributed by atoms with Gasteiger partial charge in [0.05, 0.1) is 6.67 Å². The fraction of sp³-hybridized carbons (Fsp3) is 1.00. The molecule has 0 radical (unpaired) electrons. The van der Waals surface area contributed by atoms with Crippen LogP contribution in [0.1, 0.15) is 19.3 Å². The summed E-state index contributed by atoms with van der Waals surface area (Å²) in [6.45, 7) is -0.479. The summed E-state index contributed by atoms with van der Waals surface area (Å²) in [5.41, 5.74) is 0. The first-order valence-electron chi connectivity index (χ1n) is 2.61. The molecule has 0 aromatic heterocycles. The molecule has 0 nitrogen and oxygen atoms in total. The Morgan fingerprint density at radius 2 is 1.75 bits per heavy atom. The average molecular weight is 126 g/mol. The highest BCUT2D eigenvalue weighted by Gasteiger charge is 1.99. The van der Waals surface area contributed by atoms with E-state index < -0.39 is 13.1 Å². The Balaban J connectivity index is 2.72. The van der Waals surface area contributed by atoms with Crippen molar-refractivity contribution in [3.63, 3.8) is 0 Å². The van der Waals surface area contributed by atoms with E-state index in [-0.39, 0.29) is 12.8 Å². The first-order valence-corrected chi connectivity index (χ1v) is 2.61. The fourth-order valence-electron chi connectivity index (χ4n) is 0.393. The van der Waals surface area contributed by atoms with Gasteiger partial charge < -0.3 is 0 Å². The third kappa shape index (κ3) is 5.79. The lowest BCUT2D eigenvalue weighted by molar-refractivity contribution is 0.133. The van der Waals surface area contributed by atoms with Gasteiger partial charge in [-0.25, -0.2) is 8.78 Å². The number of hydrogen-bond donors (Lipinski definition) is 0. The van der Waals surface area contributed by atoms with E-state index in [1.54, 1.807) is 0 Å². The van der Waals surface area contributed by atoms with Crippen LogP contribution in [0.4, 0.5) is 13.2 Å². The maximum atomic E-state index is 11.2. The summed E-state index contributed by atoms with van der Waals surface area (Å²) in [6, 6.07) is 0. The van der Waals surface area contributed by atoms with Crippen molar-refractivity contribution in [2.75, 3.05) is 6.67 Å². The van der Waals surface area contributed by atoms with Crippen molar-refractivity contribution < 1.29 is 13.2 Å². The van der Waals surface area contributed by atoms with Crippen molar-refractivity contribution in [1.29, 1.82) is 0 Å². The molecule has 0 aromatic carbocycles. The van der Waals surface area contributed by atoms with Crippen molar-refractivity contribution in [1.82, 2.24) is 0 Å². The molecule has 0 aliphatic heterocycles. The molecule has 0 amide bonds. The number of alkyl halides is 3. The van der Waals surface area contributed by atoms with Gasteiger partial charge in [0.2, 0.25) is 6.43 Å². The topological polar surface area (TPSA) is 0 Å². The molecule has 0 atom stereocenters. The maximum absolute atomic E-state index is 11.2. The van der Waals surface area contributed by atoms with Crippen molar-refractivity contribution in [2.45, 2.75) is 25.7 Å². The Morgan fingerprint density at radius 1 is 1.12 bits per heavy atom. The summed E-state index contributed by atoms with van der Waals surface area (Å²) < 4.78 is 33.7. The molecule has 8 heavy (non-hydrogen) atoms. The number of halogens is 3. The molecule has 0 bridgehead atoms. The molecule has 0 spiro atoms. The normalized spacial score (nSPS) is 10.5. The molecule has 0 aliphatic rings. The zero-order valence-electron chi connectivity index (χ0n) is 4.54. The van der Waals surface area contributed by atoms with E-state index in [9.17, 15) is 13.2 Å². The van der Waals surface area contributed by atoms with E-state index in [1.165, 1.54) is 0 Å². The largest absolute Gasteiger partial charge is 0.251 e. The van der Waals surface area contributed by atoms with E-state index in [2.05, 4.69) is 0 Å².